The second kappa shape index (κ2) is 5.51. The molecule has 0 N–H and O–H groups in total. The second-order valence-electron chi connectivity index (χ2n) is 6.01. The Morgan fingerprint density at radius 1 is 1.19 bits per heavy atom. The number of carbonyl (C=O) groups is 2. The molecule has 2 heterocycles. The standard InChI is InChI=1S/C17H22N2O2/c1-3-14-16(20)18-10-5-4-9-15(18)17(21)19(14)13-8-6-7-12(2)11-13/h6-8,11,14-15H,3-5,9-10H2,1-2H3. The largest absolute Gasteiger partial charge is 0.329 e. The van der Waals surface area contributed by atoms with Crippen molar-refractivity contribution in [1.82, 2.24) is 4.90 Å². The average molecular weight is 286 g/mol. The van der Waals surface area contributed by atoms with Crippen LogP contribution in [0.4, 0.5) is 5.69 Å². The predicted octanol–water partition coefficient (Wildman–Crippen LogP) is 2.50. The number of rotatable bonds is 2. The highest BCUT2D eigenvalue weighted by atomic mass is 16.2. The lowest BCUT2D eigenvalue weighted by molar-refractivity contribution is -0.148. The fourth-order valence-corrected chi connectivity index (χ4v) is 3.51. The molecular weight excluding hydrogens is 264 g/mol. The van der Waals surface area contributed by atoms with E-state index >= 15 is 0 Å². The topological polar surface area (TPSA) is 40.6 Å². The lowest BCUT2D eigenvalue weighted by Crippen LogP contribution is -2.66. The number of aryl methyl sites for hydroxylation is 1. The first-order valence-electron chi connectivity index (χ1n) is 7.83. The molecule has 0 aliphatic carbocycles. The van der Waals surface area contributed by atoms with Crippen molar-refractivity contribution >= 4 is 17.5 Å². The summed E-state index contributed by atoms with van der Waals surface area (Å²) in [6, 6.07) is 7.27. The molecule has 2 fully saturated rings. The maximum atomic E-state index is 12.9. The van der Waals surface area contributed by atoms with Crippen molar-refractivity contribution in [3.05, 3.63) is 29.8 Å². The lowest BCUT2D eigenvalue weighted by Gasteiger charge is -2.46. The van der Waals surface area contributed by atoms with Crippen LogP contribution in [0, 0.1) is 6.92 Å². The molecule has 112 valence electrons. The molecule has 4 heteroatoms. The van der Waals surface area contributed by atoms with E-state index in [-0.39, 0.29) is 23.9 Å². The normalized spacial score (nSPS) is 26.0. The van der Waals surface area contributed by atoms with Crippen molar-refractivity contribution in [3.8, 4) is 0 Å². The van der Waals surface area contributed by atoms with Gasteiger partial charge in [0, 0.05) is 12.2 Å². The fourth-order valence-electron chi connectivity index (χ4n) is 3.51. The molecule has 2 unspecified atom stereocenters. The molecule has 0 saturated carbocycles. The Hall–Kier alpha value is -1.84. The number of piperidine rings is 1. The van der Waals surface area contributed by atoms with Gasteiger partial charge in [0.05, 0.1) is 0 Å². The van der Waals surface area contributed by atoms with Gasteiger partial charge in [-0.1, -0.05) is 19.1 Å². The number of piperazine rings is 1. The first-order valence-corrected chi connectivity index (χ1v) is 7.83. The van der Waals surface area contributed by atoms with E-state index in [9.17, 15) is 9.59 Å². The van der Waals surface area contributed by atoms with Crippen molar-refractivity contribution in [2.45, 2.75) is 51.6 Å². The monoisotopic (exact) mass is 286 g/mol. The van der Waals surface area contributed by atoms with Crippen LogP contribution in [0.5, 0.6) is 0 Å². The van der Waals surface area contributed by atoms with E-state index in [1.165, 1.54) is 0 Å². The van der Waals surface area contributed by atoms with Crippen molar-refractivity contribution in [1.29, 1.82) is 0 Å². The average Bonchev–Trinajstić information content (AvgIpc) is 2.50. The van der Waals surface area contributed by atoms with Crippen LogP contribution >= 0.6 is 0 Å². The smallest absolute Gasteiger partial charge is 0.250 e. The summed E-state index contributed by atoms with van der Waals surface area (Å²) in [7, 11) is 0. The maximum absolute atomic E-state index is 12.9. The summed E-state index contributed by atoms with van der Waals surface area (Å²) in [4.78, 5) is 29.2. The van der Waals surface area contributed by atoms with Gasteiger partial charge in [-0.2, -0.15) is 0 Å². The van der Waals surface area contributed by atoms with Gasteiger partial charge in [0.2, 0.25) is 5.91 Å². The summed E-state index contributed by atoms with van der Waals surface area (Å²) >= 11 is 0. The molecule has 2 aliphatic heterocycles. The molecule has 0 spiro atoms. The zero-order chi connectivity index (χ0) is 15.0. The summed E-state index contributed by atoms with van der Waals surface area (Å²) in [6.07, 6.45) is 3.49. The molecule has 1 aromatic carbocycles. The van der Waals surface area contributed by atoms with E-state index in [0.717, 1.165) is 37.1 Å². The molecule has 4 nitrogen and oxygen atoms in total. The minimum absolute atomic E-state index is 0.0896. The van der Waals surface area contributed by atoms with E-state index in [2.05, 4.69) is 0 Å². The van der Waals surface area contributed by atoms with Gasteiger partial charge >= 0.3 is 0 Å². The van der Waals surface area contributed by atoms with Gasteiger partial charge in [0.15, 0.2) is 0 Å². The van der Waals surface area contributed by atoms with Crippen LogP contribution in [-0.2, 0) is 9.59 Å². The summed E-state index contributed by atoms with van der Waals surface area (Å²) in [5, 5.41) is 0. The number of nitrogens with zero attached hydrogens (tertiary/aromatic N) is 2. The van der Waals surface area contributed by atoms with E-state index in [1.54, 1.807) is 4.90 Å². The third-order valence-electron chi connectivity index (χ3n) is 4.57. The Morgan fingerprint density at radius 2 is 2.00 bits per heavy atom. The van der Waals surface area contributed by atoms with Crippen LogP contribution in [0.3, 0.4) is 0 Å². The molecule has 0 aromatic heterocycles. The van der Waals surface area contributed by atoms with Gasteiger partial charge in [0.25, 0.3) is 5.91 Å². The summed E-state index contributed by atoms with van der Waals surface area (Å²) < 4.78 is 0. The fraction of sp³-hybridized carbons (Fsp3) is 0.529. The highest BCUT2D eigenvalue weighted by Gasteiger charge is 2.46. The summed E-state index contributed by atoms with van der Waals surface area (Å²) in [6.45, 7) is 4.71. The van der Waals surface area contributed by atoms with E-state index in [0.29, 0.717) is 6.42 Å². The first kappa shape index (κ1) is 14.1. The van der Waals surface area contributed by atoms with Crippen molar-refractivity contribution in [2.24, 2.45) is 0 Å². The van der Waals surface area contributed by atoms with Crippen LogP contribution in [0.25, 0.3) is 0 Å². The zero-order valence-corrected chi connectivity index (χ0v) is 12.7. The Bertz CT molecular complexity index is 570. The van der Waals surface area contributed by atoms with Crippen molar-refractivity contribution < 1.29 is 9.59 Å². The van der Waals surface area contributed by atoms with Gasteiger partial charge < -0.3 is 4.90 Å². The van der Waals surface area contributed by atoms with E-state index < -0.39 is 0 Å². The molecule has 2 amide bonds. The summed E-state index contributed by atoms with van der Waals surface area (Å²) in [5.74, 6) is 0.204. The lowest BCUT2D eigenvalue weighted by atomic mass is 9.93. The SMILES string of the molecule is CCC1C(=O)N2CCCCC2C(=O)N1c1cccc(C)c1. The molecule has 2 saturated heterocycles. The third-order valence-corrected chi connectivity index (χ3v) is 4.57. The number of hydrogen-bond acceptors (Lipinski definition) is 2. The van der Waals surface area contributed by atoms with Crippen LogP contribution < -0.4 is 4.90 Å². The minimum Gasteiger partial charge on any atom is -0.329 e. The molecule has 2 atom stereocenters. The number of hydrogen-bond donors (Lipinski definition) is 0. The Balaban J connectivity index is 2.01. The Kier molecular flexibility index (Phi) is 3.70. The molecule has 21 heavy (non-hydrogen) atoms. The molecule has 3 rings (SSSR count). The van der Waals surface area contributed by atoms with Gasteiger partial charge in [-0.25, -0.2) is 0 Å². The van der Waals surface area contributed by atoms with E-state index in [4.69, 9.17) is 0 Å². The zero-order valence-electron chi connectivity index (χ0n) is 12.7. The highest BCUT2D eigenvalue weighted by Crippen LogP contribution is 2.31. The van der Waals surface area contributed by atoms with Gasteiger partial charge in [0.1, 0.15) is 12.1 Å². The van der Waals surface area contributed by atoms with Crippen LogP contribution in [-0.4, -0.2) is 35.3 Å². The molecule has 2 aliphatic rings. The number of amides is 2. The Labute approximate surface area is 125 Å². The molecule has 0 radical (unpaired) electrons. The minimum atomic E-state index is -0.353. The number of benzene rings is 1. The van der Waals surface area contributed by atoms with Gasteiger partial charge in [-0.05, 0) is 50.3 Å². The number of anilines is 1. The molecule has 1 aromatic rings. The number of carbonyl (C=O) groups excluding carboxylic acids is 2. The quantitative estimate of drug-likeness (QED) is 0.838. The van der Waals surface area contributed by atoms with Gasteiger partial charge in [-0.3, -0.25) is 14.5 Å². The second-order valence-corrected chi connectivity index (χ2v) is 6.01. The Morgan fingerprint density at radius 3 is 2.71 bits per heavy atom. The number of fused-ring (bicyclic) bond motifs is 1. The highest BCUT2D eigenvalue weighted by molar-refractivity contribution is 6.08. The third kappa shape index (κ3) is 2.33. The van der Waals surface area contributed by atoms with E-state index in [1.807, 2.05) is 43.0 Å². The predicted molar refractivity (Wildman–Crippen MR) is 82.1 cm³/mol. The molecular formula is C17H22N2O2. The van der Waals surface area contributed by atoms with Crippen molar-refractivity contribution in [3.63, 3.8) is 0 Å². The molecule has 0 bridgehead atoms. The van der Waals surface area contributed by atoms with Crippen LogP contribution in [0.1, 0.15) is 38.2 Å². The maximum Gasteiger partial charge on any atom is 0.250 e. The van der Waals surface area contributed by atoms with Crippen molar-refractivity contribution in [2.75, 3.05) is 11.4 Å². The summed E-state index contributed by atoms with van der Waals surface area (Å²) in [5.41, 5.74) is 1.96. The van der Waals surface area contributed by atoms with Crippen LogP contribution in [0.2, 0.25) is 0 Å². The van der Waals surface area contributed by atoms with Crippen LogP contribution in [0.15, 0.2) is 24.3 Å². The first-order chi connectivity index (χ1) is 10.1. The van der Waals surface area contributed by atoms with Gasteiger partial charge in [-0.15, -0.1) is 0 Å².